The number of aryl methyl sites for hydroxylation is 1. The Morgan fingerprint density at radius 1 is 1.48 bits per heavy atom. The van der Waals surface area contributed by atoms with Crippen LogP contribution in [0.1, 0.15) is 26.5 Å². The van der Waals surface area contributed by atoms with Crippen molar-refractivity contribution in [3.8, 4) is 5.75 Å². The Hall–Kier alpha value is -2.37. The normalized spacial score (nSPS) is 12.7. The molecule has 0 aliphatic carbocycles. The first-order valence-electron chi connectivity index (χ1n) is 7.50. The smallest absolute Gasteiger partial charge is 0.245 e. The third kappa shape index (κ3) is 4.31. The molecule has 1 N–H and O–H groups in total. The van der Waals surface area contributed by atoms with Crippen molar-refractivity contribution in [3.63, 3.8) is 0 Å². The van der Waals surface area contributed by atoms with Gasteiger partial charge in [0.25, 0.3) is 0 Å². The van der Waals surface area contributed by atoms with Gasteiger partial charge >= 0.3 is 0 Å². The Labute approximate surface area is 135 Å². The zero-order chi connectivity index (χ0) is 17.0. The topological polar surface area (TPSA) is 56.2 Å². The predicted molar refractivity (Wildman–Crippen MR) is 85.8 cm³/mol. The lowest BCUT2D eigenvalue weighted by atomic mass is 10.0. The van der Waals surface area contributed by atoms with Crippen LogP contribution in [0.25, 0.3) is 0 Å². The molecule has 2 aromatic rings. The molecule has 1 heterocycles. The number of aromatic nitrogens is 2. The Morgan fingerprint density at radius 2 is 2.22 bits per heavy atom. The first kappa shape index (κ1) is 17.0. The van der Waals surface area contributed by atoms with Crippen LogP contribution in [-0.4, -0.2) is 28.1 Å². The van der Waals surface area contributed by atoms with Crippen LogP contribution in [0.15, 0.2) is 36.8 Å². The van der Waals surface area contributed by atoms with Gasteiger partial charge in [-0.15, -0.1) is 0 Å². The quantitative estimate of drug-likeness (QED) is 0.890. The maximum Gasteiger partial charge on any atom is 0.245 e. The van der Waals surface area contributed by atoms with Gasteiger partial charge in [0, 0.05) is 12.3 Å². The molecule has 0 bridgehead atoms. The number of nitrogens with one attached hydrogen (secondary N) is 1. The van der Waals surface area contributed by atoms with E-state index in [0.29, 0.717) is 12.3 Å². The second-order valence-electron chi connectivity index (χ2n) is 6.08. The van der Waals surface area contributed by atoms with E-state index in [4.69, 9.17) is 4.74 Å². The second-order valence-corrected chi connectivity index (χ2v) is 6.08. The van der Waals surface area contributed by atoms with Gasteiger partial charge < -0.3 is 14.6 Å². The lowest BCUT2D eigenvalue weighted by Gasteiger charge is -2.26. The minimum atomic E-state index is -0.750. The third-order valence-corrected chi connectivity index (χ3v) is 3.60. The number of carbonyl (C=O) groups is 1. The minimum absolute atomic E-state index is 0.135. The van der Waals surface area contributed by atoms with Crippen LogP contribution in [0.3, 0.4) is 0 Å². The summed E-state index contributed by atoms with van der Waals surface area (Å²) in [5.74, 6) is -0.0452. The number of imidazole rings is 1. The van der Waals surface area contributed by atoms with Gasteiger partial charge in [0.2, 0.25) is 5.91 Å². The molecule has 0 unspecified atom stereocenters. The molecule has 1 atom stereocenters. The van der Waals surface area contributed by atoms with E-state index in [0.717, 1.165) is 5.69 Å². The summed E-state index contributed by atoms with van der Waals surface area (Å²) in [5.41, 5.74) is 0.105. The zero-order valence-corrected chi connectivity index (χ0v) is 13.8. The molecule has 1 amide bonds. The summed E-state index contributed by atoms with van der Waals surface area (Å²) in [6.07, 6.45) is 3.19. The lowest BCUT2D eigenvalue weighted by molar-refractivity contribution is -0.128. The van der Waals surface area contributed by atoms with Crippen molar-refractivity contribution in [2.24, 2.45) is 0 Å². The van der Waals surface area contributed by atoms with E-state index < -0.39 is 5.54 Å². The second kappa shape index (κ2) is 6.81. The van der Waals surface area contributed by atoms with Gasteiger partial charge in [-0.2, -0.15) is 0 Å². The molecule has 0 aliphatic rings. The number of benzene rings is 1. The van der Waals surface area contributed by atoms with Crippen molar-refractivity contribution in [1.29, 1.82) is 0 Å². The molecule has 1 aromatic heterocycles. The van der Waals surface area contributed by atoms with E-state index in [1.165, 1.54) is 12.1 Å². The third-order valence-electron chi connectivity index (χ3n) is 3.60. The Kier molecular flexibility index (Phi) is 5.03. The molecule has 0 aliphatic heterocycles. The van der Waals surface area contributed by atoms with Crippen LogP contribution >= 0.6 is 0 Å². The molecule has 6 heteroatoms. The van der Waals surface area contributed by atoms with Crippen LogP contribution in [0.5, 0.6) is 5.75 Å². The van der Waals surface area contributed by atoms with Crippen LogP contribution < -0.4 is 10.1 Å². The van der Waals surface area contributed by atoms with Crippen molar-refractivity contribution in [2.45, 2.75) is 39.3 Å². The van der Waals surface area contributed by atoms with E-state index in [-0.39, 0.29) is 17.8 Å². The molecule has 0 radical (unpaired) electrons. The predicted octanol–water partition coefficient (Wildman–Crippen LogP) is 2.65. The molecule has 1 aromatic carbocycles. The summed E-state index contributed by atoms with van der Waals surface area (Å²) in [7, 11) is 0. The standard InChI is InChI=1S/C17H22FN3O2/c1-12-10-21(11-20-12)17(3,4)16(22)19-9-13(2)23-15-7-5-6-14(18)8-15/h5-8,10-11,13H,9H2,1-4H3,(H,19,22)/t13-/m0/s1. The van der Waals surface area contributed by atoms with Gasteiger partial charge in [-0.1, -0.05) is 6.07 Å². The molecule has 23 heavy (non-hydrogen) atoms. The molecule has 2 rings (SSSR count). The summed E-state index contributed by atoms with van der Waals surface area (Å²) in [6.45, 7) is 7.66. The number of nitrogens with zero attached hydrogens (tertiary/aromatic N) is 2. The van der Waals surface area contributed by atoms with Crippen LogP contribution in [0.4, 0.5) is 4.39 Å². The SMILES string of the molecule is Cc1cn(C(C)(C)C(=O)NC[C@H](C)Oc2cccc(F)c2)cn1. The number of hydrogen-bond donors (Lipinski definition) is 1. The van der Waals surface area contributed by atoms with Gasteiger partial charge in [-0.25, -0.2) is 9.37 Å². The van der Waals surface area contributed by atoms with E-state index in [1.54, 1.807) is 23.0 Å². The van der Waals surface area contributed by atoms with Gasteiger partial charge in [0.15, 0.2) is 0 Å². The molecule has 0 spiro atoms. The maximum absolute atomic E-state index is 13.1. The van der Waals surface area contributed by atoms with Crippen LogP contribution in [-0.2, 0) is 10.3 Å². The largest absolute Gasteiger partial charge is 0.489 e. The monoisotopic (exact) mass is 319 g/mol. The fourth-order valence-corrected chi connectivity index (χ4v) is 2.11. The van der Waals surface area contributed by atoms with Crippen molar-refractivity contribution < 1.29 is 13.9 Å². The summed E-state index contributed by atoms with van der Waals surface area (Å²) in [4.78, 5) is 16.6. The number of hydrogen-bond acceptors (Lipinski definition) is 3. The molecule has 0 saturated carbocycles. The number of rotatable bonds is 6. The van der Waals surface area contributed by atoms with Crippen molar-refractivity contribution in [2.75, 3.05) is 6.54 Å². The fourth-order valence-electron chi connectivity index (χ4n) is 2.11. The van der Waals surface area contributed by atoms with Crippen LogP contribution in [0.2, 0.25) is 0 Å². The van der Waals surface area contributed by atoms with E-state index in [9.17, 15) is 9.18 Å². The van der Waals surface area contributed by atoms with Gasteiger partial charge in [-0.3, -0.25) is 4.79 Å². The number of ether oxygens (including phenoxy) is 1. The van der Waals surface area contributed by atoms with Gasteiger partial charge in [-0.05, 0) is 39.8 Å². The fraction of sp³-hybridized carbons (Fsp3) is 0.412. The Bertz CT molecular complexity index is 682. The summed E-state index contributed by atoms with van der Waals surface area (Å²) in [5, 5.41) is 2.86. The van der Waals surface area contributed by atoms with Gasteiger partial charge in [0.05, 0.1) is 18.6 Å². The first-order chi connectivity index (χ1) is 10.8. The van der Waals surface area contributed by atoms with Gasteiger partial charge in [0.1, 0.15) is 23.2 Å². The highest BCUT2D eigenvalue weighted by Crippen LogP contribution is 2.16. The Balaban J connectivity index is 1.90. The molecule has 0 saturated heterocycles. The first-order valence-corrected chi connectivity index (χ1v) is 7.50. The molecule has 5 nitrogen and oxygen atoms in total. The van der Waals surface area contributed by atoms with Crippen molar-refractivity contribution >= 4 is 5.91 Å². The molecular formula is C17H22FN3O2. The summed E-state index contributed by atoms with van der Waals surface area (Å²) in [6, 6.07) is 5.94. The highest BCUT2D eigenvalue weighted by atomic mass is 19.1. The number of halogens is 1. The highest BCUT2D eigenvalue weighted by Gasteiger charge is 2.29. The van der Waals surface area contributed by atoms with E-state index in [2.05, 4.69) is 10.3 Å². The Morgan fingerprint density at radius 3 is 2.83 bits per heavy atom. The van der Waals surface area contributed by atoms with Crippen molar-refractivity contribution in [1.82, 2.24) is 14.9 Å². The van der Waals surface area contributed by atoms with E-state index in [1.807, 2.05) is 33.9 Å². The zero-order valence-electron chi connectivity index (χ0n) is 13.8. The number of carbonyl (C=O) groups excluding carboxylic acids is 1. The van der Waals surface area contributed by atoms with Crippen molar-refractivity contribution in [3.05, 3.63) is 48.3 Å². The highest BCUT2D eigenvalue weighted by molar-refractivity contribution is 5.83. The average molecular weight is 319 g/mol. The summed E-state index contributed by atoms with van der Waals surface area (Å²) < 4.78 is 20.5. The average Bonchev–Trinajstić information content (AvgIpc) is 2.92. The van der Waals surface area contributed by atoms with Crippen LogP contribution in [0, 0.1) is 12.7 Å². The minimum Gasteiger partial charge on any atom is -0.489 e. The molecule has 124 valence electrons. The summed E-state index contributed by atoms with van der Waals surface area (Å²) >= 11 is 0. The lowest BCUT2D eigenvalue weighted by Crippen LogP contribution is -2.46. The molecular weight excluding hydrogens is 297 g/mol. The van der Waals surface area contributed by atoms with E-state index >= 15 is 0 Å². The maximum atomic E-state index is 13.1. The number of amides is 1. The molecule has 0 fully saturated rings.